The van der Waals surface area contributed by atoms with Gasteiger partial charge in [0.2, 0.25) is 0 Å². The molecule has 0 saturated carbocycles. The molecule has 0 radical (unpaired) electrons. The van der Waals surface area contributed by atoms with Crippen molar-refractivity contribution in [1.29, 1.82) is 0 Å². The molecule has 1 aromatic heterocycles. The van der Waals surface area contributed by atoms with E-state index in [1.807, 2.05) is 0 Å². The van der Waals surface area contributed by atoms with E-state index >= 15 is 0 Å². The lowest BCUT2D eigenvalue weighted by atomic mass is 10.2. The maximum absolute atomic E-state index is 12.9. The summed E-state index contributed by atoms with van der Waals surface area (Å²) < 4.78 is 55.2. The molecule has 1 amide bonds. The Kier molecular flexibility index (Phi) is 7.20. The van der Waals surface area contributed by atoms with Gasteiger partial charge in [0, 0.05) is 11.8 Å². The Labute approximate surface area is 195 Å². The van der Waals surface area contributed by atoms with E-state index < -0.39 is 31.6 Å². The molecular formula is C21H22N2O7S3. The molecule has 0 aliphatic rings. The van der Waals surface area contributed by atoms with Crippen molar-refractivity contribution in [1.82, 2.24) is 4.57 Å². The van der Waals surface area contributed by atoms with Crippen LogP contribution >= 0.6 is 11.3 Å². The molecule has 33 heavy (non-hydrogen) atoms. The van der Waals surface area contributed by atoms with Crippen LogP contribution in [0.25, 0.3) is 10.2 Å². The third-order valence-corrected chi connectivity index (χ3v) is 8.58. The first-order valence-corrected chi connectivity index (χ1v) is 14.2. The van der Waals surface area contributed by atoms with E-state index in [2.05, 4.69) is 4.99 Å². The number of sulfone groups is 2. The summed E-state index contributed by atoms with van der Waals surface area (Å²) >= 11 is 1.04. The van der Waals surface area contributed by atoms with Crippen LogP contribution in [-0.4, -0.2) is 51.9 Å². The lowest BCUT2D eigenvalue weighted by Crippen LogP contribution is -2.23. The summed E-state index contributed by atoms with van der Waals surface area (Å²) in [5.74, 6) is -1.36. The lowest BCUT2D eigenvalue weighted by molar-refractivity contribution is -0.143. The molecule has 0 spiro atoms. The monoisotopic (exact) mass is 510 g/mol. The maximum Gasteiger partial charge on any atom is 0.326 e. The number of fused-ring (bicyclic) bond motifs is 1. The molecule has 0 unspecified atom stereocenters. The molecule has 0 bridgehead atoms. The Morgan fingerprint density at radius 2 is 1.76 bits per heavy atom. The SMILES string of the molecule is CCOC(=O)Cn1c(=NC(=O)c2cccc(S(=O)(=O)CC)c2)sc2cc(S(C)(=O)=O)ccc21. The van der Waals surface area contributed by atoms with Crippen LogP contribution in [0.5, 0.6) is 0 Å². The molecule has 0 fully saturated rings. The number of amides is 1. The standard InChI is InChI=1S/C21H22N2O7S3/c1-4-30-19(24)13-23-17-10-9-15(32(3,26)27)12-18(17)31-21(23)22-20(25)14-7-6-8-16(11-14)33(28,29)5-2/h6-12H,4-5,13H2,1-3H3. The topological polar surface area (TPSA) is 129 Å². The Hall–Kier alpha value is -2.83. The molecular weight excluding hydrogens is 488 g/mol. The fourth-order valence-electron chi connectivity index (χ4n) is 3.00. The summed E-state index contributed by atoms with van der Waals surface area (Å²) in [5.41, 5.74) is 0.579. The summed E-state index contributed by atoms with van der Waals surface area (Å²) in [4.78, 5) is 29.4. The lowest BCUT2D eigenvalue weighted by Gasteiger charge is -2.06. The van der Waals surface area contributed by atoms with Crippen molar-refractivity contribution in [2.75, 3.05) is 18.6 Å². The van der Waals surface area contributed by atoms with E-state index in [-0.39, 0.29) is 39.1 Å². The van der Waals surface area contributed by atoms with Gasteiger partial charge in [-0.3, -0.25) is 9.59 Å². The Morgan fingerprint density at radius 3 is 2.39 bits per heavy atom. The molecule has 176 valence electrons. The van der Waals surface area contributed by atoms with Crippen LogP contribution in [0.2, 0.25) is 0 Å². The van der Waals surface area contributed by atoms with Gasteiger partial charge in [0.05, 0.1) is 32.4 Å². The molecule has 1 heterocycles. The van der Waals surface area contributed by atoms with Crippen molar-refractivity contribution >= 4 is 53.1 Å². The van der Waals surface area contributed by atoms with Crippen molar-refractivity contribution in [3.8, 4) is 0 Å². The number of ether oxygens (including phenoxy) is 1. The van der Waals surface area contributed by atoms with Gasteiger partial charge in [-0.25, -0.2) is 16.8 Å². The Morgan fingerprint density at radius 1 is 1.03 bits per heavy atom. The van der Waals surface area contributed by atoms with Crippen molar-refractivity contribution in [3.05, 3.63) is 52.8 Å². The first-order chi connectivity index (χ1) is 15.5. The third kappa shape index (κ3) is 5.57. The van der Waals surface area contributed by atoms with E-state index in [1.54, 1.807) is 13.0 Å². The molecule has 3 rings (SSSR count). The summed E-state index contributed by atoms with van der Waals surface area (Å²) in [7, 11) is -6.98. The fraction of sp³-hybridized carbons (Fsp3) is 0.286. The highest BCUT2D eigenvalue weighted by molar-refractivity contribution is 7.91. The highest BCUT2D eigenvalue weighted by atomic mass is 32.2. The van der Waals surface area contributed by atoms with E-state index in [9.17, 15) is 26.4 Å². The maximum atomic E-state index is 12.9. The van der Waals surface area contributed by atoms with Crippen LogP contribution in [0, 0.1) is 0 Å². The minimum Gasteiger partial charge on any atom is -0.465 e. The van der Waals surface area contributed by atoms with Gasteiger partial charge in [-0.2, -0.15) is 4.99 Å². The van der Waals surface area contributed by atoms with Gasteiger partial charge >= 0.3 is 5.97 Å². The van der Waals surface area contributed by atoms with Gasteiger partial charge in [-0.1, -0.05) is 24.3 Å². The predicted molar refractivity (Wildman–Crippen MR) is 124 cm³/mol. The van der Waals surface area contributed by atoms with Gasteiger partial charge in [-0.05, 0) is 43.3 Å². The zero-order chi connectivity index (χ0) is 24.4. The molecule has 12 heteroatoms. The molecule has 0 atom stereocenters. The van der Waals surface area contributed by atoms with Crippen LogP contribution in [0.3, 0.4) is 0 Å². The highest BCUT2D eigenvalue weighted by Crippen LogP contribution is 2.22. The number of thiazole rings is 1. The normalized spacial score (nSPS) is 12.8. The predicted octanol–water partition coefficient (Wildman–Crippen LogP) is 2.20. The van der Waals surface area contributed by atoms with E-state index in [0.29, 0.717) is 10.2 Å². The molecule has 9 nitrogen and oxygen atoms in total. The first kappa shape index (κ1) is 24.8. The number of hydrogen-bond donors (Lipinski definition) is 0. The summed E-state index contributed by atoms with van der Waals surface area (Å²) in [6.07, 6.45) is 1.08. The number of hydrogen-bond acceptors (Lipinski definition) is 8. The van der Waals surface area contributed by atoms with Crippen LogP contribution in [0.4, 0.5) is 0 Å². The van der Waals surface area contributed by atoms with Crippen LogP contribution in [0.1, 0.15) is 24.2 Å². The minimum atomic E-state index is -3.51. The number of nitrogens with zero attached hydrogens (tertiary/aromatic N) is 2. The second-order valence-electron chi connectivity index (χ2n) is 7.03. The molecule has 3 aromatic rings. The smallest absolute Gasteiger partial charge is 0.326 e. The number of esters is 1. The number of benzene rings is 2. The molecule has 0 saturated heterocycles. The van der Waals surface area contributed by atoms with Gasteiger partial charge < -0.3 is 9.30 Å². The molecule has 0 aliphatic carbocycles. The average molecular weight is 511 g/mol. The van der Waals surface area contributed by atoms with E-state index in [0.717, 1.165) is 17.6 Å². The second kappa shape index (κ2) is 9.57. The number of carbonyl (C=O) groups excluding carboxylic acids is 2. The number of rotatable bonds is 7. The Bertz CT molecular complexity index is 1510. The fourth-order valence-corrected chi connectivity index (χ4v) is 5.71. The van der Waals surface area contributed by atoms with Gasteiger partial charge in [-0.15, -0.1) is 0 Å². The van der Waals surface area contributed by atoms with Crippen molar-refractivity contribution in [2.24, 2.45) is 4.99 Å². The van der Waals surface area contributed by atoms with Gasteiger partial charge in [0.25, 0.3) is 5.91 Å². The van der Waals surface area contributed by atoms with Crippen molar-refractivity contribution in [2.45, 2.75) is 30.2 Å². The van der Waals surface area contributed by atoms with Gasteiger partial charge in [0.15, 0.2) is 24.5 Å². The van der Waals surface area contributed by atoms with Crippen LogP contribution < -0.4 is 4.80 Å². The number of aromatic nitrogens is 1. The van der Waals surface area contributed by atoms with Gasteiger partial charge in [0.1, 0.15) is 6.54 Å². The van der Waals surface area contributed by atoms with Crippen LogP contribution in [0.15, 0.2) is 57.2 Å². The van der Waals surface area contributed by atoms with Crippen molar-refractivity contribution in [3.63, 3.8) is 0 Å². The average Bonchev–Trinajstić information content (AvgIpc) is 3.09. The summed E-state index contributed by atoms with van der Waals surface area (Å²) in [6, 6.07) is 9.98. The molecule has 0 N–H and O–H groups in total. The third-order valence-electron chi connectivity index (χ3n) is 4.69. The Balaban J connectivity index is 2.16. The zero-order valence-corrected chi connectivity index (χ0v) is 20.6. The largest absolute Gasteiger partial charge is 0.465 e. The second-order valence-corrected chi connectivity index (χ2v) is 12.3. The summed E-state index contributed by atoms with van der Waals surface area (Å²) in [5, 5.41) is 0. The van der Waals surface area contributed by atoms with E-state index in [4.69, 9.17) is 4.74 Å². The molecule has 2 aromatic carbocycles. The van der Waals surface area contributed by atoms with Crippen molar-refractivity contribution < 1.29 is 31.2 Å². The minimum absolute atomic E-state index is 0.0135. The quantitative estimate of drug-likeness (QED) is 0.446. The molecule has 0 aliphatic heterocycles. The zero-order valence-electron chi connectivity index (χ0n) is 18.1. The van der Waals surface area contributed by atoms with E-state index in [1.165, 1.54) is 47.9 Å². The highest BCUT2D eigenvalue weighted by Gasteiger charge is 2.17. The first-order valence-electron chi connectivity index (χ1n) is 9.87. The summed E-state index contributed by atoms with van der Waals surface area (Å²) in [6.45, 7) is 3.11. The van der Waals surface area contributed by atoms with Crippen LogP contribution in [-0.2, 0) is 35.8 Å². The number of carbonyl (C=O) groups is 2.